The number of hydrogen-bond donors (Lipinski definition) is 1. The lowest BCUT2D eigenvalue weighted by Crippen LogP contribution is -2.18. The Labute approximate surface area is 118 Å². The monoisotopic (exact) mass is 270 g/mol. The minimum Gasteiger partial charge on any atom is -0.306 e. The average molecular weight is 270 g/mol. The standard InChI is InChI=1S/C16H18N2O2/c1-12-6-3-4-9-16(12)13(2)17-11-14-7-5-8-15(10-14)18(19)20/h3-10,13,17H,11H2,1-2H3/t13-/m0/s1. The number of nitrogens with one attached hydrogen (secondary N) is 1. The molecule has 0 fully saturated rings. The molecule has 0 spiro atoms. The van der Waals surface area contributed by atoms with Crippen molar-refractivity contribution in [1.82, 2.24) is 5.32 Å². The maximum Gasteiger partial charge on any atom is 0.269 e. The predicted molar refractivity (Wildman–Crippen MR) is 79.5 cm³/mol. The second kappa shape index (κ2) is 6.30. The fourth-order valence-corrected chi connectivity index (χ4v) is 2.23. The maximum atomic E-state index is 10.7. The van der Waals surface area contributed by atoms with E-state index in [0.717, 1.165) is 5.56 Å². The molecule has 0 heterocycles. The van der Waals surface area contributed by atoms with E-state index in [1.165, 1.54) is 17.2 Å². The van der Waals surface area contributed by atoms with Crippen molar-refractivity contribution in [2.24, 2.45) is 0 Å². The Morgan fingerprint density at radius 3 is 2.65 bits per heavy atom. The smallest absolute Gasteiger partial charge is 0.269 e. The second-order valence-corrected chi connectivity index (χ2v) is 4.89. The highest BCUT2D eigenvalue weighted by atomic mass is 16.6. The normalized spacial score (nSPS) is 12.1. The molecule has 0 amide bonds. The quantitative estimate of drug-likeness (QED) is 0.665. The van der Waals surface area contributed by atoms with Gasteiger partial charge < -0.3 is 5.32 Å². The van der Waals surface area contributed by atoms with Gasteiger partial charge in [-0.25, -0.2) is 0 Å². The second-order valence-electron chi connectivity index (χ2n) is 4.89. The summed E-state index contributed by atoms with van der Waals surface area (Å²) in [6.07, 6.45) is 0. The van der Waals surface area contributed by atoms with Crippen LogP contribution in [0.2, 0.25) is 0 Å². The molecule has 2 aromatic carbocycles. The molecule has 0 bridgehead atoms. The number of nitrogens with zero attached hydrogens (tertiary/aromatic N) is 1. The Balaban J connectivity index is 2.04. The molecule has 4 heteroatoms. The molecular formula is C16H18N2O2. The molecule has 0 aromatic heterocycles. The van der Waals surface area contributed by atoms with Gasteiger partial charge in [-0.15, -0.1) is 0 Å². The van der Waals surface area contributed by atoms with Crippen molar-refractivity contribution in [3.63, 3.8) is 0 Å². The molecule has 1 N–H and O–H groups in total. The summed E-state index contributed by atoms with van der Waals surface area (Å²) in [7, 11) is 0. The summed E-state index contributed by atoms with van der Waals surface area (Å²) >= 11 is 0. The van der Waals surface area contributed by atoms with Gasteiger partial charge in [0, 0.05) is 24.7 Å². The van der Waals surface area contributed by atoms with Gasteiger partial charge in [-0.1, -0.05) is 36.4 Å². The van der Waals surface area contributed by atoms with Crippen LogP contribution in [0, 0.1) is 17.0 Å². The van der Waals surface area contributed by atoms with Gasteiger partial charge in [0.25, 0.3) is 5.69 Å². The summed E-state index contributed by atoms with van der Waals surface area (Å²) in [6.45, 7) is 4.79. The van der Waals surface area contributed by atoms with Crippen molar-refractivity contribution < 1.29 is 4.92 Å². The van der Waals surface area contributed by atoms with E-state index >= 15 is 0 Å². The van der Waals surface area contributed by atoms with E-state index in [2.05, 4.69) is 31.3 Å². The van der Waals surface area contributed by atoms with Crippen LogP contribution >= 0.6 is 0 Å². The molecule has 4 nitrogen and oxygen atoms in total. The molecule has 0 saturated heterocycles. The number of nitro benzene ring substituents is 1. The Kier molecular flexibility index (Phi) is 4.48. The van der Waals surface area contributed by atoms with Crippen LogP contribution in [0.15, 0.2) is 48.5 Å². The molecular weight excluding hydrogens is 252 g/mol. The van der Waals surface area contributed by atoms with Crippen molar-refractivity contribution in [3.8, 4) is 0 Å². The summed E-state index contributed by atoms with van der Waals surface area (Å²) in [6, 6.07) is 15.2. The van der Waals surface area contributed by atoms with Crippen LogP contribution in [0.5, 0.6) is 0 Å². The topological polar surface area (TPSA) is 55.2 Å². The van der Waals surface area contributed by atoms with Gasteiger partial charge in [0.2, 0.25) is 0 Å². The van der Waals surface area contributed by atoms with Gasteiger partial charge in [0.05, 0.1) is 4.92 Å². The predicted octanol–water partition coefficient (Wildman–Crippen LogP) is 3.75. The summed E-state index contributed by atoms with van der Waals surface area (Å²) in [5.74, 6) is 0. The van der Waals surface area contributed by atoms with Gasteiger partial charge >= 0.3 is 0 Å². The largest absolute Gasteiger partial charge is 0.306 e. The molecule has 20 heavy (non-hydrogen) atoms. The first-order valence-electron chi connectivity index (χ1n) is 6.60. The van der Waals surface area contributed by atoms with Gasteiger partial charge in [-0.3, -0.25) is 10.1 Å². The Morgan fingerprint density at radius 2 is 1.95 bits per heavy atom. The minimum absolute atomic E-state index is 0.132. The van der Waals surface area contributed by atoms with Crippen LogP contribution in [-0.4, -0.2) is 4.92 Å². The molecule has 2 rings (SSSR count). The van der Waals surface area contributed by atoms with Gasteiger partial charge in [0.15, 0.2) is 0 Å². The van der Waals surface area contributed by atoms with Gasteiger partial charge in [-0.2, -0.15) is 0 Å². The van der Waals surface area contributed by atoms with Crippen LogP contribution in [-0.2, 0) is 6.54 Å². The van der Waals surface area contributed by atoms with Crippen LogP contribution in [0.3, 0.4) is 0 Å². The van der Waals surface area contributed by atoms with E-state index < -0.39 is 0 Å². The third-order valence-electron chi connectivity index (χ3n) is 3.39. The average Bonchev–Trinajstić information content (AvgIpc) is 2.45. The lowest BCUT2D eigenvalue weighted by molar-refractivity contribution is -0.384. The number of aryl methyl sites for hydroxylation is 1. The highest BCUT2D eigenvalue weighted by Gasteiger charge is 2.09. The first kappa shape index (κ1) is 14.2. The zero-order valence-corrected chi connectivity index (χ0v) is 11.7. The van der Waals surface area contributed by atoms with E-state index in [1.807, 2.05) is 18.2 Å². The van der Waals surface area contributed by atoms with Crippen molar-refractivity contribution in [1.29, 1.82) is 0 Å². The molecule has 0 aliphatic heterocycles. The van der Waals surface area contributed by atoms with E-state index in [9.17, 15) is 10.1 Å². The molecule has 104 valence electrons. The van der Waals surface area contributed by atoms with Crippen molar-refractivity contribution in [3.05, 3.63) is 75.3 Å². The number of non-ortho nitro benzene ring substituents is 1. The van der Waals surface area contributed by atoms with Crippen LogP contribution in [0.25, 0.3) is 0 Å². The van der Waals surface area contributed by atoms with Crippen LogP contribution in [0.1, 0.15) is 29.7 Å². The summed E-state index contributed by atoms with van der Waals surface area (Å²) < 4.78 is 0. The maximum absolute atomic E-state index is 10.7. The van der Waals surface area contributed by atoms with Crippen LogP contribution in [0.4, 0.5) is 5.69 Å². The van der Waals surface area contributed by atoms with E-state index in [0.29, 0.717) is 6.54 Å². The number of rotatable bonds is 5. The molecule has 0 aliphatic rings. The molecule has 0 unspecified atom stereocenters. The SMILES string of the molecule is Cc1ccccc1[C@H](C)NCc1cccc([N+](=O)[O-])c1. The minimum atomic E-state index is -0.367. The number of hydrogen-bond acceptors (Lipinski definition) is 3. The number of nitro groups is 1. The highest BCUT2D eigenvalue weighted by Crippen LogP contribution is 2.18. The van der Waals surface area contributed by atoms with Gasteiger partial charge in [0.1, 0.15) is 0 Å². The van der Waals surface area contributed by atoms with Crippen molar-refractivity contribution >= 4 is 5.69 Å². The van der Waals surface area contributed by atoms with Crippen molar-refractivity contribution in [2.75, 3.05) is 0 Å². The zero-order chi connectivity index (χ0) is 14.5. The number of benzene rings is 2. The molecule has 0 aliphatic carbocycles. The first-order chi connectivity index (χ1) is 9.58. The summed E-state index contributed by atoms with van der Waals surface area (Å²) in [5.41, 5.74) is 3.54. The summed E-state index contributed by atoms with van der Waals surface area (Å²) in [5, 5.41) is 14.1. The highest BCUT2D eigenvalue weighted by molar-refractivity contribution is 5.34. The third-order valence-corrected chi connectivity index (χ3v) is 3.39. The lowest BCUT2D eigenvalue weighted by Gasteiger charge is -2.16. The first-order valence-corrected chi connectivity index (χ1v) is 6.60. The zero-order valence-electron chi connectivity index (χ0n) is 11.7. The van der Waals surface area contributed by atoms with E-state index in [4.69, 9.17) is 0 Å². The molecule has 0 radical (unpaired) electrons. The lowest BCUT2D eigenvalue weighted by atomic mass is 10.0. The molecule has 2 aromatic rings. The van der Waals surface area contributed by atoms with E-state index in [1.54, 1.807) is 12.1 Å². The Morgan fingerprint density at radius 1 is 1.20 bits per heavy atom. The Bertz CT molecular complexity index is 611. The van der Waals surface area contributed by atoms with Crippen molar-refractivity contribution in [2.45, 2.75) is 26.4 Å². The van der Waals surface area contributed by atoms with Gasteiger partial charge in [-0.05, 0) is 30.5 Å². The summed E-state index contributed by atoms with van der Waals surface area (Å²) in [4.78, 5) is 10.4. The molecule has 1 atom stereocenters. The third kappa shape index (κ3) is 3.42. The van der Waals surface area contributed by atoms with Crippen LogP contribution < -0.4 is 5.32 Å². The Hall–Kier alpha value is -2.20. The fraction of sp³-hybridized carbons (Fsp3) is 0.250. The van der Waals surface area contributed by atoms with E-state index in [-0.39, 0.29) is 16.7 Å². The molecule has 0 saturated carbocycles. The fourth-order valence-electron chi connectivity index (χ4n) is 2.23.